The maximum absolute atomic E-state index is 10.9. The SMILES string of the molecule is CC.CC.CO.COCC1CCC(n2ccc(=O)cc2)O1. The maximum Gasteiger partial charge on any atom is 0.181 e. The molecule has 124 valence electrons. The standard InChI is InChI=1S/C11H15NO3.2C2H6.CH4O/c1-14-8-10-2-3-11(15-10)12-6-4-9(13)5-7-12;3*1-2/h4-7,10-11H,2-3,8H2,1H3;2*1-2H3;2H,1H3. The van der Waals surface area contributed by atoms with E-state index in [0.29, 0.717) is 6.61 Å². The number of aliphatic hydroxyl groups is 1. The first-order valence-electron chi connectivity index (χ1n) is 7.56. The second-order valence-corrected chi connectivity index (χ2v) is 3.73. The number of aromatic nitrogens is 1. The summed E-state index contributed by atoms with van der Waals surface area (Å²) in [4.78, 5) is 10.9. The van der Waals surface area contributed by atoms with Gasteiger partial charge in [0.25, 0.3) is 0 Å². The van der Waals surface area contributed by atoms with Crippen molar-refractivity contribution >= 4 is 0 Å². The molecule has 5 nitrogen and oxygen atoms in total. The summed E-state index contributed by atoms with van der Waals surface area (Å²) in [6.07, 6.45) is 5.73. The molecule has 1 fully saturated rings. The molecular formula is C16H31NO4. The van der Waals surface area contributed by atoms with Gasteiger partial charge in [-0.25, -0.2) is 0 Å². The monoisotopic (exact) mass is 301 g/mol. The summed E-state index contributed by atoms with van der Waals surface area (Å²) in [7, 11) is 2.68. The van der Waals surface area contributed by atoms with Gasteiger partial charge >= 0.3 is 0 Å². The van der Waals surface area contributed by atoms with Gasteiger partial charge in [-0.05, 0) is 12.8 Å². The quantitative estimate of drug-likeness (QED) is 0.932. The number of ether oxygens (including phenoxy) is 2. The van der Waals surface area contributed by atoms with E-state index in [-0.39, 0.29) is 17.8 Å². The normalized spacial score (nSPS) is 19.2. The smallest absolute Gasteiger partial charge is 0.181 e. The van der Waals surface area contributed by atoms with E-state index in [9.17, 15) is 4.79 Å². The molecule has 0 amide bonds. The van der Waals surface area contributed by atoms with Crippen LogP contribution < -0.4 is 5.43 Å². The van der Waals surface area contributed by atoms with Gasteiger partial charge in [0.2, 0.25) is 0 Å². The van der Waals surface area contributed by atoms with E-state index < -0.39 is 0 Å². The van der Waals surface area contributed by atoms with E-state index in [2.05, 4.69) is 0 Å². The first-order valence-corrected chi connectivity index (χ1v) is 7.56. The molecule has 0 spiro atoms. The van der Waals surface area contributed by atoms with Crippen LogP contribution in [0, 0.1) is 0 Å². The van der Waals surface area contributed by atoms with Crippen LogP contribution in [0.3, 0.4) is 0 Å². The highest BCUT2D eigenvalue weighted by Gasteiger charge is 2.25. The fraction of sp³-hybridized carbons (Fsp3) is 0.688. The minimum atomic E-state index is 0.0256. The lowest BCUT2D eigenvalue weighted by molar-refractivity contribution is -0.0317. The van der Waals surface area contributed by atoms with E-state index in [1.807, 2.05) is 32.3 Å². The number of rotatable bonds is 3. The van der Waals surface area contributed by atoms with Crippen molar-refractivity contribution in [2.45, 2.75) is 52.9 Å². The van der Waals surface area contributed by atoms with Crippen molar-refractivity contribution in [3.63, 3.8) is 0 Å². The Bertz CT molecular complexity index is 358. The van der Waals surface area contributed by atoms with E-state index >= 15 is 0 Å². The second kappa shape index (κ2) is 15.2. The average molecular weight is 301 g/mol. The molecule has 1 aliphatic rings. The summed E-state index contributed by atoms with van der Waals surface area (Å²) in [5.41, 5.74) is 0.0256. The Kier molecular flexibility index (Phi) is 16.0. The largest absolute Gasteiger partial charge is 0.400 e. The molecule has 2 unspecified atom stereocenters. The fourth-order valence-corrected chi connectivity index (χ4v) is 1.83. The number of nitrogens with zero attached hydrogens (tertiary/aromatic N) is 1. The molecule has 1 aromatic heterocycles. The Hall–Kier alpha value is -1.17. The zero-order valence-corrected chi connectivity index (χ0v) is 14.2. The zero-order valence-electron chi connectivity index (χ0n) is 14.2. The minimum absolute atomic E-state index is 0.0256. The van der Waals surface area contributed by atoms with Gasteiger partial charge in [0, 0.05) is 38.7 Å². The molecule has 0 aromatic carbocycles. The van der Waals surface area contributed by atoms with Crippen molar-refractivity contribution in [3.05, 3.63) is 34.7 Å². The zero-order chi connectivity index (χ0) is 16.7. The van der Waals surface area contributed by atoms with Gasteiger partial charge in [0.15, 0.2) is 5.43 Å². The first-order chi connectivity index (χ1) is 10.3. The Morgan fingerprint density at radius 3 is 2.19 bits per heavy atom. The summed E-state index contributed by atoms with van der Waals surface area (Å²) < 4.78 is 12.7. The summed E-state index contributed by atoms with van der Waals surface area (Å²) in [5.74, 6) is 0. The molecular weight excluding hydrogens is 270 g/mol. The number of methoxy groups -OCH3 is 1. The number of aliphatic hydroxyl groups excluding tert-OH is 1. The Morgan fingerprint density at radius 1 is 1.19 bits per heavy atom. The van der Waals surface area contributed by atoms with Crippen molar-refractivity contribution in [1.82, 2.24) is 4.57 Å². The highest BCUT2D eigenvalue weighted by Crippen LogP contribution is 2.27. The maximum atomic E-state index is 10.9. The van der Waals surface area contributed by atoms with E-state index in [1.54, 1.807) is 31.6 Å². The summed E-state index contributed by atoms with van der Waals surface area (Å²) in [6, 6.07) is 3.10. The second-order valence-electron chi connectivity index (χ2n) is 3.73. The Morgan fingerprint density at radius 2 is 1.71 bits per heavy atom. The molecule has 0 bridgehead atoms. The van der Waals surface area contributed by atoms with Crippen LogP contribution in [-0.4, -0.2) is 36.6 Å². The summed E-state index contributed by atoms with van der Waals surface area (Å²) in [6.45, 7) is 8.64. The molecule has 5 heteroatoms. The van der Waals surface area contributed by atoms with E-state index in [0.717, 1.165) is 20.0 Å². The van der Waals surface area contributed by atoms with Crippen LogP contribution in [0.4, 0.5) is 0 Å². The Balaban J connectivity index is 0. The molecule has 2 rings (SSSR count). The molecule has 0 aliphatic carbocycles. The molecule has 0 saturated carbocycles. The van der Waals surface area contributed by atoms with Crippen LogP contribution in [0.1, 0.15) is 46.8 Å². The topological polar surface area (TPSA) is 60.7 Å². The number of hydrogen-bond acceptors (Lipinski definition) is 4. The summed E-state index contributed by atoms with van der Waals surface area (Å²) in [5, 5.41) is 7.00. The van der Waals surface area contributed by atoms with Gasteiger partial charge < -0.3 is 19.1 Å². The molecule has 1 saturated heterocycles. The van der Waals surface area contributed by atoms with Crippen molar-refractivity contribution in [3.8, 4) is 0 Å². The van der Waals surface area contributed by atoms with Gasteiger partial charge in [-0.1, -0.05) is 27.7 Å². The predicted octanol–water partition coefficient (Wildman–Crippen LogP) is 2.83. The molecule has 2 atom stereocenters. The minimum Gasteiger partial charge on any atom is -0.400 e. The molecule has 1 aromatic rings. The molecule has 1 N–H and O–H groups in total. The van der Waals surface area contributed by atoms with Gasteiger partial charge in [0.05, 0.1) is 12.7 Å². The van der Waals surface area contributed by atoms with Crippen LogP contribution in [0.25, 0.3) is 0 Å². The van der Waals surface area contributed by atoms with Gasteiger partial charge in [-0.3, -0.25) is 4.79 Å². The lowest BCUT2D eigenvalue weighted by atomic mass is 10.2. The third kappa shape index (κ3) is 8.65. The van der Waals surface area contributed by atoms with Crippen LogP contribution in [0.5, 0.6) is 0 Å². The van der Waals surface area contributed by atoms with Crippen molar-refractivity contribution in [2.75, 3.05) is 20.8 Å². The van der Waals surface area contributed by atoms with E-state index in [1.165, 1.54) is 0 Å². The lowest BCUT2D eigenvalue weighted by Gasteiger charge is -2.15. The van der Waals surface area contributed by atoms with E-state index in [4.69, 9.17) is 14.6 Å². The molecule has 2 heterocycles. The van der Waals surface area contributed by atoms with Gasteiger partial charge in [0.1, 0.15) is 6.23 Å². The first kappa shape index (κ1) is 22.1. The number of pyridine rings is 1. The predicted molar refractivity (Wildman–Crippen MR) is 86.6 cm³/mol. The highest BCUT2D eigenvalue weighted by molar-refractivity contribution is 4.95. The number of hydrogen-bond donors (Lipinski definition) is 1. The van der Waals surface area contributed by atoms with Crippen molar-refractivity contribution in [1.29, 1.82) is 0 Å². The van der Waals surface area contributed by atoms with Crippen molar-refractivity contribution < 1.29 is 14.6 Å². The fourth-order valence-electron chi connectivity index (χ4n) is 1.83. The van der Waals surface area contributed by atoms with Gasteiger partial charge in [-0.2, -0.15) is 0 Å². The van der Waals surface area contributed by atoms with Crippen LogP contribution >= 0.6 is 0 Å². The summed E-state index contributed by atoms with van der Waals surface area (Å²) >= 11 is 0. The van der Waals surface area contributed by atoms with Crippen LogP contribution in [0.15, 0.2) is 29.3 Å². The Labute approximate surface area is 128 Å². The third-order valence-corrected chi connectivity index (χ3v) is 2.59. The van der Waals surface area contributed by atoms with Crippen molar-refractivity contribution in [2.24, 2.45) is 0 Å². The highest BCUT2D eigenvalue weighted by atomic mass is 16.5. The molecule has 21 heavy (non-hydrogen) atoms. The van der Waals surface area contributed by atoms with Crippen LogP contribution in [-0.2, 0) is 9.47 Å². The lowest BCUT2D eigenvalue weighted by Crippen LogP contribution is -2.16. The third-order valence-electron chi connectivity index (χ3n) is 2.59. The molecule has 1 aliphatic heterocycles. The average Bonchev–Trinajstić information content (AvgIpc) is 3.03. The molecule has 0 radical (unpaired) electrons. The van der Waals surface area contributed by atoms with Crippen LogP contribution in [0.2, 0.25) is 0 Å². The van der Waals surface area contributed by atoms with Gasteiger partial charge in [-0.15, -0.1) is 0 Å².